The van der Waals surface area contributed by atoms with Crippen LogP contribution >= 0.6 is 22.9 Å². The number of rotatable bonds is 4. The summed E-state index contributed by atoms with van der Waals surface area (Å²) in [5.41, 5.74) is 0.474. The number of anilines is 1. The lowest BCUT2D eigenvalue weighted by molar-refractivity contribution is -0.133. The highest BCUT2D eigenvalue weighted by Crippen LogP contribution is 2.27. The zero-order valence-corrected chi connectivity index (χ0v) is 17.4. The molecule has 0 radical (unpaired) electrons. The highest BCUT2D eigenvalue weighted by molar-refractivity contribution is 7.16. The van der Waals surface area contributed by atoms with Crippen LogP contribution in [0.15, 0.2) is 42.0 Å². The molecule has 150 valence electrons. The van der Waals surface area contributed by atoms with Crippen LogP contribution in [-0.2, 0) is 4.79 Å². The van der Waals surface area contributed by atoms with Crippen LogP contribution in [0.4, 0.5) is 5.82 Å². The molecule has 2 aromatic heterocycles. The molecule has 1 fully saturated rings. The lowest BCUT2D eigenvalue weighted by Crippen LogP contribution is -2.54. The molecule has 0 aliphatic carbocycles. The first kappa shape index (κ1) is 19.6. The van der Waals surface area contributed by atoms with Crippen LogP contribution in [0, 0.1) is 0 Å². The molecule has 4 rings (SSSR count). The molecule has 1 saturated heterocycles. The lowest BCUT2D eigenvalue weighted by Gasteiger charge is -2.36. The minimum Gasteiger partial charge on any atom is -0.352 e. The normalized spacial score (nSPS) is 15.4. The highest BCUT2D eigenvalue weighted by atomic mass is 35.5. The molecule has 3 aromatic rings. The average Bonchev–Trinajstić information content (AvgIpc) is 3.22. The third kappa shape index (κ3) is 4.18. The second-order valence-corrected chi connectivity index (χ2v) is 8.18. The molecular weight excluding hydrogens is 410 g/mol. The monoisotopic (exact) mass is 429 g/mol. The zero-order chi connectivity index (χ0) is 20.4. The molecule has 0 saturated carbocycles. The van der Waals surface area contributed by atoms with Gasteiger partial charge in [0.15, 0.2) is 0 Å². The molecule has 2 amide bonds. The van der Waals surface area contributed by atoms with Gasteiger partial charge in [-0.1, -0.05) is 11.6 Å². The molecular formula is C20H20ClN5O2S. The van der Waals surface area contributed by atoms with Gasteiger partial charge < -0.3 is 15.1 Å². The van der Waals surface area contributed by atoms with E-state index in [2.05, 4.69) is 20.2 Å². The van der Waals surface area contributed by atoms with Crippen LogP contribution in [0.3, 0.4) is 0 Å². The van der Waals surface area contributed by atoms with Gasteiger partial charge in [0.2, 0.25) is 5.91 Å². The maximum atomic E-state index is 12.8. The molecule has 1 aliphatic heterocycles. The van der Waals surface area contributed by atoms with Crippen LogP contribution in [0.1, 0.15) is 17.3 Å². The number of piperazine rings is 1. The fourth-order valence-corrected chi connectivity index (χ4v) is 4.24. The Balaban J connectivity index is 1.35. The summed E-state index contributed by atoms with van der Waals surface area (Å²) in [7, 11) is 0. The first-order valence-corrected chi connectivity index (χ1v) is 10.6. The number of thiophene rings is 1. The summed E-state index contributed by atoms with van der Waals surface area (Å²) < 4.78 is 0. The second kappa shape index (κ2) is 8.34. The molecule has 1 unspecified atom stereocenters. The van der Waals surface area contributed by atoms with E-state index in [1.165, 1.54) is 0 Å². The number of fused-ring (bicyclic) bond motifs is 1. The van der Waals surface area contributed by atoms with Gasteiger partial charge >= 0.3 is 0 Å². The van der Waals surface area contributed by atoms with Gasteiger partial charge in [-0.05, 0) is 42.6 Å². The van der Waals surface area contributed by atoms with E-state index < -0.39 is 6.04 Å². The van der Waals surface area contributed by atoms with Crippen molar-refractivity contribution in [2.75, 3.05) is 31.1 Å². The number of halogens is 1. The average molecular weight is 430 g/mol. The summed E-state index contributed by atoms with van der Waals surface area (Å²) in [5.74, 6) is 0.532. The Morgan fingerprint density at radius 3 is 2.55 bits per heavy atom. The number of hydrogen-bond donors (Lipinski definition) is 1. The van der Waals surface area contributed by atoms with E-state index >= 15 is 0 Å². The van der Waals surface area contributed by atoms with Gasteiger partial charge in [-0.3, -0.25) is 9.59 Å². The lowest BCUT2D eigenvalue weighted by atomic mass is 10.2. The number of amides is 2. The Hall–Kier alpha value is -2.71. The largest absolute Gasteiger partial charge is 0.352 e. The minimum absolute atomic E-state index is 0.0877. The molecule has 1 atom stereocenters. The third-order valence-corrected chi connectivity index (χ3v) is 6.03. The van der Waals surface area contributed by atoms with Crippen LogP contribution in [0.5, 0.6) is 0 Å². The van der Waals surface area contributed by atoms with Crippen molar-refractivity contribution in [2.45, 2.75) is 13.0 Å². The minimum atomic E-state index is -0.604. The van der Waals surface area contributed by atoms with E-state index in [0.717, 1.165) is 16.0 Å². The predicted octanol–water partition coefficient (Wildman–Crippen LogP) is 2.81. The van der Waals surface area contributed by atoms with Crippen LogP contribution in [0.2, 0.25) is 5.02 Å². The van der Waals surface area contributed by atoms with E-state index in [9.17, 15) is 9.59 Å². The van der Waals surface area contributed by atoms with Crippen LogP contribution in [-0.4, -0.2) is 58.9 Å². The zero-order valence-electron chi connectivity index (χ0n) is 15.8. The van der Waals surface area contributed by atoms with Crippen LogP contribution < -0.4 is 10.2 Å². The molecule has 1 aromatic carbocycles. The van der Waals surface area contributed by atoms with Gasteiger partial charge in [0.05, 0.1) is 5.39 Å². The van der Waals surface area contributed by atoms with Crippen molar-refractivity contribution < 1.29 is 9.59 Å². The maximum Gasteiger partial charge on any atom is 0.251 e. The summed E-state index contributed by atoms with van der Waals surface area (Å²) in [5, 5.41) is 6.38. The van der Waals surface area contributed by atoms with Crippen molar-refractivity contribution in [2.24, 2.45) is 0 Å². The summed E-state index contributed by atoms with van der Waals surface area (Å²) in [6, 6.07) is 8.01. The molecule has 0 bridgehead atoms. The molecule has 1 aliphatic rings. The number of aromatic nitrogens is 2. The molecule has 9 heteroatoms. The first-order valence-electron chi connectivity index (χ1n) is 9.31. The Kier molecular flexibility index (Phi) is 5.64. The Labute approximate surface area is 177 Å². The van der Waals surface area contributed by atoms with Gasteiger partial charge in [0.1, 0.15) is 23.0 Å². The number of carbonyl (C=O) groups is 2. The number of nitrogens with one attached hydrogen (secondary N) is 1. The highest BCUT2D eigenvalue weighted by Gasteiger charge is 2.27. The molecule has 3 heterocycles. The number of hydrogen-bond acceptors (Lipinski definition) is 6. The SMILES string of the molecule is CC(NC(=O)c1ccc(Cl)cc1)C(=O)N1CCN(c2ncnc3sccc23)CC1. The number of nitrogens with zero attached hydrogens (tertiary/aromatic N) is 4. The van der Waals surface area contributed by atoms with Gasteiger partial charge in [0, 0.05) is 36.8 Å². The third-order valence-electron chi connectivity index (χ3n) is 4.96. The van der Waals surface area contributed by atoms with Crippen molar-refractivity contribution >= 4 is 50.8 Å². The fourth-order valence-electron chi connectivity index (χ4n) is 3.38. The van der Waals surface area contributed by atoms with Gasteiger partial charge in [-0.15, -0.1) is 11.3 Å². The van der Waals surface area contributed by atoms with E-state index in [4.69, 9.17) is 11.6 Å². The number of carbonyl (C=O) groups excluding carboxylic acids is 2. The Morgan fingerprint density at radius 1 is 1.10 bits per heavy atom. The summed E-state index contributed by atoms with van der Waals surface area (Å²) in [6.45, 7) is 4.24. The van der Waals surface area contributed by atoms with E-state index in [0.29, 0.717) is 36.8 Å². The summed E-state index contributed by atoms with van der Waals surface area (Å²) >= 11 is 7.44. The predicted molar refractivity (Wildman–Crippen MR) is 115 cm³/mol. The maximum absolute atomic E-state index is 12.8. The van der Waals surface area contributed by atoms with Crippen molar-refractivity contribution in [3.05, 3.63) is 52.6 Å². The molecule has 0 spiro atoms. The molecule has 7 nitrogen and oxygen atoms in total. The standard InChI is InChI=1S/C20H20ClN5O2S/c1-13(24-18(27)14-2-4-15(21)5-3-14)20(28)26-9-7-25(8-10-26)17-16-6-11-29-19(16)23-12-22-17/h2-6,11-13H,7-10H2,1H3,(H,24,27). The van der Waals surface area contributed by atoms with Gasteiger partial charge in [0.25, 0.3) is 5.91 Å². The van der Waals surface area contributed by atoms with E-state index in [1.54, 1.807) is 53.8 Å². The Bertz CT molecular complexity index is 1030. The first-order chi connectivity index (χ1) is 14.0. The van der Waals surface area contributed by atoms with E-state index in [1.807, 2.05) is 11.4 Å². The quantitative estimate of drug-likeness (QED) is 0.690. The van der Waals surface area contributed by atoms with Crippen LogP contribution in [0.25, 0.3) is 10.2 Å². The topological polar surface area (TPSA) is 78.4 Å². The van der Waals surface area contributed by atoms with Crippen molar-refractivity contribution in [1.29, 1.82) is 0 Å². The smallest absolute Gasteiger partial charge is 0.251 e. The van der Waals surface area contributed by atoms with Crippen molar-refractivity contribution in [3.8, 4) is 0 Å². The van der Waals surface area contributed by atoms with Crippen molar-refractivity contribution in [1.82, 2.24) is 20.2 Å². The summed E-state index contributed by atoms with van der Waals surface area (Å²) in [6.07, 6.45) is 1.58. The summed E-state index contributed by atoms with van der Waals surface area (Å²) in [4.78, 5) is 38.8. The second-order valence-electron chi connectivity index (χ2n) is 6.85. The molecule has 29 heavy (non-hydrogen) atoms. The van der Waals surface area contributed by atoms with Crippen molar-refractivity contribution in [3.63, 3.8) is 0 Å². The van der Waals surface area contributed by atoms with Gasteiger partial charge in [-0.2, -0.15) is 0 Å². The van der Waals surface area contributed by atoms with Gasteiger partial charge in [-0.25, -0.2) is 9.97 Å². The Morgan fingerprint density at radius 2 is 1.83 bits per heavy atom. The fraction of sp³-hybridized carbons (Fsp3) is 0.300. The number of benzene rings is 1. The van der Waals surface area contributed by atoms with E-state index in [-0.39, 0.29) is 11.8 Å². The molecule has 1 N–H and O–H groups in total.